The van der Waals surface area contributed by atoms with Crippen LogP contribution in [0.3, 0.4) is 0 Å². The quantitative estimate of drug-likeness (QED) is 0.762. The molecule has 0 spiro atoms. The van der Waals surface area contributed by atoms with Gasteiger partial charge in [-0.3, -0.25) is 4.79 Å². The molecule has 0 aliphatic carbocycles. The first-order valence-corrected chi connectivity index (χ1v) is 4.46. The lowest BCUT2D eigenvalue weighted by atomic mass is 10.4. The van der Waals surface area contributed by atoms with Crippen LogP contribution >= 0.6 is 0 Å². The number of hydrogen-bond acceptors (Lipinski definition) is 3. The molecule has 4 nitrogen and oxygen atoms in total. The molecule has 1 heterocycles. The lowest BCUT2D eigenvalue weighted by Crippen LogP contribution is -2.21. The molecule has 0 saturated carbocycles. The Morgan fingerprint density at radius 2 is 2.38 bits per heavy atom. The first-order valence-electron chi connectivity index (χ1n) is 4.46. The second-order valence-electron chi connectivity index (χ2n) is 2.70. The molecule has 0 radical (unpaired) electrons. The van der Waals surface area contributed by atoms with E-state index in [9.17, 15) is 4.79 Å². The Hall–Kier alpha value is -1.32. The summed E-state index contributed by atoms with van der Waals surface area (Å²) in [6, 6.07) is 0. The molecule has 1 rings (SSSR count). The molecule has 0 atom stereocenters. The summed E-state index contributed by atoms with van der Waals surface area (Å²) in [7, 11) is 0. The molecule has 0 saturated heterocycles. The van der Waals surface area contributed by atoms with Crippen LogP contribution in [0.5, 0.6) is 0 Å². The molecule has 4 heteroatoms. The van der Waals surface area contributed by atoms with E-state index < -0.39 is 0 Å². The molecule has 1 N–H and O–H groups in total. The summed E-state index contributed by atoms with van der Waals surface area (Å²) in [6.07, 6.45) is 3.00. The fourth-order valence-corrected chi connectivity index (χ4v) is 0.892. The van der Waals surface area contributed by atoms with E-state index in [2.05, 4.69) is 10.3 Å². The third-order valence-corrected chi connectivity index (χ3v) is 1.71. The number of carbonyl (C=O) groups is 1. The highest BCUT2D eigenvalue weighted by atomic mass is 16.4. The molecule has 0 bridgehead atoms. The van der Waals surface area contributed by atoms with Crippen LogP contribution < -0.4 is 5.32 Å². The summed E-state index contributed by atoms with van der Waals surface area (Å²) in [5.41, 5.74) is 0. The van der Waals surface area contributed by atoms with Crippen LogP contribution in [0.15, 0.2) is 10.6 Å². The molecule has 1 aromatic heterocycles. The van der Waals surface area contributed by atoms with E-state index in [1.165, 1.54) is 0 Å². The number of carbonyl (C=O) groups excluding carboxylic acids is 1. The van der Waals surface area contributed by atoms with Crippen molar-refractivity contribution in [1.29, 1.82) is 0 Å². The van der Waals surface area contributed by atoms with E-state index in [1.54, 1.807) is 6.20 Å². The highest BCUT2D eigenvalue weighted by molar-refractivity contribution is 5.75. The first-order chi connectivity index (χ1) is 6.26. The molecule has 0 aliphatic rings. The summed E-state index contributed by atoms with van der Waals surface area (Å²) in [5.74, 6) is 1.43. The summed E-state index contributed by atoms with van der Waals surface area (Å²) in [4.78, 5) is 14.9. The van der Waals surface area contributed by atoms with E-state index >= 15 is 0 Å². The lowest BCUT2D eigenvalue weighted by molar-refractivity contribution is -0.121. The van der Waals surface area contributed by atoms with Crippen molar-refractivity contribution in [2.24, 2.45) is 0 Å². The summed E-state index contributed by atoms with van der Waals surface area (Å²) >= 11 is 0. The molecule has 72 valence electrons. The maximum absolute atomic E-state index is 10.9. The van der Waals surface area contributed by atoms with Gasteiger partial charge in [-0.2, -0.15) is 0 Å². The van der Waals surface area contributed by atoms with Gasteiger partial charge < -0.3 is 9.73 Å². The van der Waals surface area contributed by atoms with Crippen LogP contribution in [0.25, 0.3) is 0 Å². The minimum atomic E-state index is 0.0104. The largest absolute Gasteiger partial charge is 0.444 e. The van der Waals surface area contributed by atoms with Crippen LogP contribution in [0.4, 0.5) is 0 Å². The Morgan fingerprint density at radius 1 is 1.62 bits per heavy atom. The van der Waals surface area contributed by atoms with E-state index in [0.29, 0.717) is 18.9 Å². The van der Waals surface area contributed by atoms with Crippen LogP contribution in [-0.2, 0) is 17.8 Å². The van der Waals surface area contributed by atoms with Gasteiger partial charge in [-0.15, -0.1) is 0 Å². The normalized spacial score (nSPS) is 10.0. The topological polar surface area (TPSA) is 55.1 Å². The van der Waals surface area contributed by atoms with Crippen molar-refractivity contribution in [2.75, 3.05) is 0 Å². The second kappa shape index (κ2) is 4.64. The number of aromatic nitrogens is 1. The highest BCUT2D eigenvalue weighted by Gasteiger charge is 2.03. The molecule has 0 aromatic carbocycles. The van der Waals surface area contributed by atoms with E-state index in [4.69, 9.17) is 4.42 Å². The van der Waals surface area contributed by atoms with Gasteiger partial charge in [0.25, 0.3) is 0 Å². The molecular formula is C9H14N2O2. The van der Waals surface area contributed by atoms with Crippen molar-refractivity contribution >= 4 is 5.91 Å². The van der Waals surface area contributed by atoms with Crippen molar-refractivity contribution in [3.63, 3.8) is 0 Å². The van der Waals surface area contributed by atoms with Gasteiger partial charge in [0.2, 0.25) is 11.8 Å². The first kappa shape index (κ1) is 9.77. The summed E-state index contributed by atoms with van der Waals surface area (Å²) < 4.78 is 5.30. The van der Waals surface area contributed by atoms with Crippen LogP contribution in [0, 0.1) is 0 Å². The lowest BCUT2D eigenvalue weighted by Gasteiger charge is -1.98. The third-order valence-electron chi connectivity index (χ3n) is 1.71. The number of amides is 1. The molecule has 0 unspecified atom stereocenters. The average Bonchev–Trinajstić information content (AvgIpc) is 2.61. The van der Waals surface area contributed by atoms with Crippen molar-refractivity contribution < 1.29 is 9.21 Å². The van der Waals surface area contributed by atoms with Gasteiger partial charge in [0.1, 0.15) is 5.76 Å². The highest BCUT2D eigenvalue weighted by Crippen LogP contribution is 2.03. The standard InChI is InChI=1S/C9H14N2O2/c1-3-7-5-11-9(13-7)6-10-8(12)4-2/h5H,3-4,6H2,1-2H3,(H,10,12). The van der Waals surface area contributed by atoms with Crippen molar-refractivity contribution in [1.82, 2.24) is 10.3 Å². The van der Waals surface area contributed by atoms with Crippen molar-refractivity contribution in [2.45, 2.75) is 33.2 Å². The fraction of sp³-hybridized carbons (Fsp3) is 0.556. The van der Waals surface area contributed by atoms with E-state index in [-0.39, 0.29) is 5.91 Å². The minimum absolute atomic E-state index is 0.0104. The molecule has 0 fully saturated rings. The van der Waals surface area contributed by atoms with Gasteiger partial charge in [0.05, 0.1) is 12.7 Å². The second-order valence-corrected chi connectivity index (χ2v) is 2.70. The van der Waals surface area contributed by atoms with Crippen molar-refractivity contribution in [3.8, 4) is 0 Å². The number of oxazole rings is 1. The smallest absolute Gasteiger partial charge is 0.220 e. The van der Waals surface area contributed by atoms with Crippen molar-refractivity contribution in [3.05, 3.63) is 17.8 Å². The van der Waals surface area contributed by atoms with Gasteiger partial charge in [-0.25, -0.2) is 4.98 Å². The van der Waals surface area contributed by atoms with Gasteiger partial charge in [0, 0.05) is 12.8 Å². The van der Waals surface area contributed by atoms with Gasteiger partial charge >= 0.3 is 0 Å². The van der Waals surface area contributed by atoms with Gasteiger partial charge in [0.15, 0.2) is 0 Å². The van der Waals surface area contributed by atoms with Crippen LogP contribution in [0.2, 0.25) is 0 Å². The zero-order valence-corrected chi connectivity index (χ0v) is 7.96. The monoisotopic (exact) mass is 182 g/mol. The van der Waals surface area contributed by atoms with Gasteiger partial charge in [-0.1, -0.05) is 13.8 Å². The number of nitrogens with zero attached hydrogens (tertiary/aromatic N) is 1. The van der Waals surface area contributed by atoms with Crippen LogP contribution in [-0.4, -0.2) is 10.9 Å². The molecular weight excluding hydrogens is 168 g/mol. The fourth-order valence-electron chi connectivity index (χ4n) is 0.892. The van der Waals surface area contributed by atoms with E-state index in [0.717, 1.165) is 12.2 Å². The number of rotatable bonds is 4. The Morgan fingerprint density at radius 3 is 2.92 bits per heavy atom. The molecule has 13 heavy (non-hydrogen) atoms. The Balaban J connectivity index is 2.41. The zero-order chi connectivity index (χ0) is 9.68. The number of hydrogen-bond donors (Lipinski definition) is 1. The Kier molecular flexibility index (Phi) is 3.49. The molecule has 1 amide bonds. The maximum Gasteiger partial charge on any atom is 0.220 e. The number of nitrogens with one attached hydrogen (secondary N) is 1. The number of aryl methyl sites for hydroxylation is 1. The SMILES string of the molecule is CCC(=O)NCc1ncc(CC)o1. The minimum Gasteiger partial charge on any atom is -0.444 e. The summed E-state index contributed by atoms with van der Waals surface area (Å²) in [6.45, 7) is 4.18. The Bertz CT molecular complexity index is 281. The maximum atomic E-state index is 10.9. The van der Waals surface area contributed by atoms with Gasteiger partial charge in [-0.05, 0) is 0 Å². The predicted octanol–water partition coefficient (Wildman–Crippen LogP) is 1.26. The molecule has 1 aromatic rings. The summed E-state index contributed by atoms with van der Waals surface area (Å²) in [5, 5.41) is 2.69. The third kappa shape index (κ3) is 2.89. The zero-order valence-electron chi connectivity index (χ0n) is 7.96. The van der Waals surface area contributed by atoms with E-state index in [1.807, 2.05) is 13.8 Å². The predicted molar refractivity (Wildman–Crippen MR) is 48.0 cm³/mol. The van der Waals surface area contributed by atoms with Crippen LogP contribution in [0.1, 0.15) is 31.9 Å². The average molecular weight is 182 g/mol. The molecule has 0 aliphatic heterocycles. The Labute approximate surface area is 77.3 Å².